The lowest BCUT2D eigenvalue weighted by Crippen LogP contribution is -2.27. The van der Waals surface area contributed by atoms with E-state index in [1.807, 2.05) is 24.3 Å². The number of hydrogen-bond donors (Lipinski definition) is 2. The molecule has 0 aliphatic rings. The van der Waals surface area contributed by atoms with E-state index in [1.54, 1.807) is 0 Å². The first-order chi connectivity index (χ1) is 9.78. The summed E-state index contributed by atoms with van der Waals surface area (Å²) < 4.78 is 1.35. The molecular weight excluding hydrogens is 258 g/mol. The first kappa shape index (κ1) is 13.7. The standard InChI is InChI=1S/C13H13N5O2/c19-6-2-5-11-3-1-4-12(7-11)8-14-13(20)9-18-10-15-16-17-18/h1,3-4,7,10,19H,6,8-9H2,(H,14,20). The maximum absolute atomic E-state index is 11.7. The van der Waals surface area contributed by atoms with E-state index < -0.39 is 0 Å². The molecule has 1 heterocycles. The number of nitrogens with one attached hydrogen (secondary N) is 1. The lowest BCUT2D eigenvalue weighted by atomic mass is 10.1. The summed E-state index contributed by atoms with van der Waals surface area (Å²) in [6.45, 7) is 0.305. The molecule has 0 unspecified atom stereocenters. The molecule has 0 atom stereocenters. The van der Waals surface area contributed by atoms with Gasteiger partial charge >= 0.3 is 0 Å². The minimum absolute atomic E-state index is 0.0804. The van der Waals surface area contributed by atoms with Crippen molar-refractivity contribution in [2.45, 2.75) is 13.1 Å². The quantitative estimate of drug-likeness (QED) is 0.720. The molecule has 1 amide bonds. The average Bonchev–Trinajstić information content (AvgIpc) is 2.96. The Labute approximate surface area is 115 Å². The molecule has 0 bridgehead atoms. The minimum atomic E-state index is -0.177. The molecule has 2 rings (SSSR count). The molecule has 0 spiro atoms. The van der Waals surface area contributed by atoms with Gasteiger partial charge < -0.3 is 10.4 Å². The zero-order valence-corrected chi connectivity index (χ0v) is 10.7. The van der Waals surface area contributed by atoms with Gasteiger partial charge in [-0.25, -0.2) is 4.68 Å². The van der Waals surface area contributed by atoms with E-state index in [0.29, 0.717) is 6.54 Å². The second kappa shape index (κ2) is 7.01. The minimum Gasteiger partial charge on any atom is -0.384 e. The summed E-state index contributed by atoms with van der Waals surface area (Å²) >= 11 is 0. The molecule has 102 valence electrons. The van der Waals surface area contributed by atoms with Crippen LogP contribution in [0.3, 0.4) is 0 Å². The molecule has 1 aromatic carbocycles. The predicted molar refractivity (Wildman–Crippen MR) is 70.1 cm³/mol. The lowest BCUT2D eigenvalue weighted by Gasteiger charge is -2.05. The van der Waals surface area contributed by atoms with E-state index in [2.05, 4.69) is 32.7 Å². The van der Waals surface area contributed by atoms with Crippen molar-refractivity contribution in [2.75, 3.05) is 6.61 Å². The molecule has 0 radical (unpaired) electrons. The van der Waals surface area contributed by atoms with Crippen LogP contribution in [-0.4, -0.2) is 37.8 Å². The number of benzene rings is 1. The average molecular weight is 271 g/mol. The molecule has 0 aliphatic carbocycles. The zero-order chi connectivity index (χ0) is 14.2. The summed E-state index contributed by atoms with van der Waals surface area (Å²) in [6.07, 6.45) is 1.38. The fourth-order valence-electron chi connectivity index (χ4n) is 1.56. The number of tetrazole rings is 1. The number of nitrogens with zero attached hydrogens (tertiary/aromatic N) is 4. The first-order valence-corrected chi connectivity index (χ1v) is 5.94. The van der Waals surface area contributed by atoms with Crippen molar-refractivity contribution in [1.29, 1.82) is 0 Å². The molecule has 7 heteroatoms. The van der Waals surface area contributed by atoms with Gasteiger partial charge in [-0.1, -0.05) is 24.0 Å². The number of carbonyl (C=O) groups excluding carboxylic acids is 1. The van der Waals surface area contributed by atoms with Crippen molar-refractivity contribution < 1.29 is 9.90 Å². The van der Waals surface area contributed by atoms with Gasteiger partial charge in [0.2, 0.25) is 5.91 Å². The van der Waals surface area contributed by atoms with Gasteiger partial charge in [-0.05, 0) is 28.1 Å². The van der Waals surface area contributed by atoms with Gasteiger partial charge in [0.05, 0.1) is 0 Å². The number of hydrogen-bond acceptors (Lipinski definition) is 5. The van der Waals surface area contributed by atoms with Crippen molar-refractivity contribution in [3.05, 3.63) is 41.7 Å². The van der Waals surface area contributed by atoms with Crippen LogP contribution in [0.15, 0.2) is 30.6 Å². The van der Waals surface area contributed by atoms with Crippen molar-refractivity contribution in [3.63, 3.8) is 0 Å². The molecule has 0 saturated carbocycles. The molecule has 0 saturated heterocycles. The van der Waals surface area contributed by atoms with Crippen molar-refractivity contribution in [3.8, 4) is 11.8 Å². The zero-order valence-electron chi connectivity index (χ0n) is 10.7. The van der Waals surface area contributed by atoms with E-state index in [4.69, 9.17) is 5.11 Å². The van der Waals surface area contributed by atoms with Crippen LogP contribution in [0.4, 0.5) is 0 Å². The van der Waals surface area contributed by atoms with Crippen LogP contribution >= 0.6 is 0 Å². The first-order valence-electron chi connectivity index (χ1n) is 5.94. The van der Waals surface area contributed by atoms with Gasteiger partial charge in [0.15, 0.2) is 0 Å². The van der Waals surface area contributed by atoms with Gasteiger partial charge in [0, 0.05) is 12.1 Å². The summed E-state index contributed by atoms with van der Waals surface area (Å²) in [4.78, 5) is 11.7. The molecule has 0 fully saturated rings. The lowest BCUT2D eigenvalue weighted by molar-refractivity contribution is -0.122. The van der Waals surface area contributed by atoms with Crippen molar-refractivity contribution in [1.82, 2.24) is 25.5 Å². The van der Waals surface area contributed by atoms with Crippen LogP contribution in [-0.2, 0) is 17.9 Å². The Hall–Kier alpha value is -2.72. The Morgan fingerprint density at radius 1 is 1.45 bits per heavy atom. The third-order valence-electron chi connectivity index (χ3n) is 2.43. The number of aliphatic hydroxyl groups is 1. The largest absolute Gasteiger partial charge is 0.384 e. The number of amides is 1. The van der Waals surface area contributed by atoms with Gasteiger partial charge in [0.25, 0.3) is 0 Å². The van der Waals surface area contributed by atoms with Gasteiger partial charge in [-0.2, -0.15) is 0 Å². The summed E-state index contributed by atoms with van der Waals surface area (Å²) in [7, 11) is 0. The fourth-order valence-corrected chi connectivity index (χ4v) is 1.56. The van der Waals surface area contributed by atoms with Crippen molar-refractivity contribution >= 4 is 5.91 Å². The predicted octanol–water partition coefficient (Wildman–Crippen LogP) is -0.667. The molecule has 2 aromatic rings. The van der Waals surface area contributed by atoms with Crippen LogP contribution < -0.4 is 5.32 Å². The second-order valence-electron chi connectivity index (χ2n) is 3.94. The highest BCUT2D eigenvalue weighted by atomic mass is 16.2. The van der Waals surface area contributed by atoms with Crippen LogP contribution in [0, 0.1) is 11.8 Å². The Kier molecular flexibility index (Phi) is 4.81. The summed E-state index contributed by atoms with van der Waals surface area (Å²) in [5.41, 5.74) is 1.73. The highest BCUT2D eigenvalue weighted by molar-refractivity contribution is 5.75. The smallest absolute Gasteiger partial charge is 0.242 e. The number of rotatable bonds is 4. The normalized spacial score (nSPS) is 9.65. The van der Waals surface area contributed by atoms with Crippen LogP contribution in [0.1, 0.15) is 11.1 Å². The summed E-state index contributed by atoms with van der Waals surface area (Å²) in [5.74, 6) is 5.22. The van der Waals surface area contributed by atoms with Crippen LogP contribution in [0.2, 0.25) is 0 Å². The molecule has 7 nitrogen and oxygen atoms in total. The maximum Gasteiger partial charge on any atom is 0.242 e. The Bertz CT molecular complexity index is 628. The van der Waals surface area contributed by atoms with Crippen LogP contribution in [0.25, 0.3) is 0 Å². The van der Waals surface area contributed by atoms with Crippen LogP contribution in [0.5, 0.6) is 0 Å². The van der Waals surface area contributed by atoms with E-state index >= 15 is 0 Å². The summed E-state index contributed by atoms with van der Waals surface area (Å²) in [6, 6.07) is 7.45. The van der Waals surface area contributed by atoms with E-state index in [-0.39, 0.29) is 19.1 Å². The number of aromatic nitrogens is 4. The third kappa shape index (κ3) is 4.19. The topological polar surface area (TPSA) is 92.9 Å². The molecule has 1 aromatic heterocycles. The van der Waals surface area contributed by atoms with Gasteiger partial charge in [0.1, 0.15) is 19.5 Å². The third-order valence-corrected chi connectivity index (χ3v) is 2.43. The summed E-state index contributed by atoms with van der Waals surface area (Å²) in [5, 5.41) is 21.9. The van der Waals surface area contributed by atoms with E-state index in [0.717, 1.165) is 11.1 Å². The Morgan fingerprint density at radius 2 is 2.35 bits per heavy atom. The number of aliphatic hydroxyl groups excluding tert-OH is 1. The number of carbonyl (C=O) groups is 1. The molecule has 0 aliphatic heterocycles. The highest BCUT2D eigenvalue weighted by Gasteiger charge is 2.03. The molecule has 20 heavy (non-hydrogen) atoms. The SMILES string of the molecule is O=C(Cn1cnnn1)NCc1cccc(C#CCO)c1. The molecular formula is C13H13N5O2. The van der Waals surface area contributed by atoms with Gasteiger partial charge in [-0.15, -0.1) is 5.10 Å². The molecule has 2 N–H and O–H groups in total. The highest BCUT2D eigenvalue weighted by Crippen LogP contribution is 2.03. The van der Waals surface area contributed by atoms with Gasteiger partial charge in [-0.3, -0.25) is 4.79 Å². The van der Waals surface area contributed by atoms with Crippen molar-refractivity contribution in [2.24, 2.45) is 0 Å². The maximum atomic E-state index is 11.7. The fraction of sp³-hybridized carbons (Fsp3) is 0.231. The Morgan fingerprint density at radius 3 is 3.10 bits per heavy atom. The van der Waals surface area contributed by atoms with E-state index in [1.165, 1.54) is 11.0 Å². The Balaban J connectivity index is 1.88. The monoisotopic (exact) mass is 271 g/mol. The van der Waals surface area contributed by atoms with E-state index in [9.17, 15) is 4.79 Å². The second-order valence-corrected chi connectivity index (χ2v) is 3.94.